The highest BCUT2D eigenvalue weighted by Gasteiger charge is 2.63. The summed E-state index contributed by atoms with van der Waals surface area (Å²) in [5, 5.41) is 0. The van der Waals surface area contributed by atoms with Gasteiger partial charge in [-0.1, -0.05) is 36.8 Å². The second-order valence-electron chi connectivity index (χ2n) is 11.0. The summed E-state index contributed by atoms with van der Waals surface area (Å²) in [4.78, 5) is 24.2. The van der Waals surface area contributed by atoms with Gasteiger partial charge in [0.25, 0.3) is 0 Å². The standard InChI is InChI=1S/C30H38O4/c1-5-34-18-30(33-4)15-14-27-25-12-10-22-16-23(32)11-13-24(22)28(25)26(17-29(27,30)3)21-8-6-20(7-9-21)19(2)31/h6-9,16,25-27H,5,10-15,17-18H2,1-4H3/t25-,26+,27-,29-,30+/m0/s1. The van der Waals surface area contributed by atoms with Crippen LogP contribution in [0.4, 0.5) is 0 Å². The number of ether oxygens (including phenoxy) is 2. The summed E-state index contributed by atoms with van der Waals surface area (Å²) in [7, 11) is 1.87. The van der Waals surface area contributed by atoms with Gasteiger partial charge in [-0.25, -0.2) is 0 Å². The van der Waals surface area contributed by atoms with E-state index >= 15 is 0 Å². The lowest BCUT2D eigenvalue weighted by Gasteiger charge is -2.55. The molecule has 34 heavy (non-hydrogen) atoms. The molecule has 4 heteroatoms. The Bertz CT molecular complexity index is 1050. The molecule has 2 saturated carbocycles. The van der Waals surface area contributed by atoms with Crippen LogP contribution in [0.1, 0.15) is 87.6 Å². The highest BCUT2D eigenvalue weighted by atomic mass is 16.5. The topological polar surface area (TPSA) is 52.6 Å². The first kappa shape index (κ1) is 23.7. The van der Waals surface area contributed by atoms with Crippen molar-refractivity contribution in [3.05, 3.63) is 58.2 Å². The molecular formula is C30H38O4. The summed E-state index contributed by atoms with van der Waals surface area (Å²) in [5.41, 5.74) is 6.07. The van der Waals surface area contributed by atoms with Gasteiger partial charge >= 0.3 is 0 Å². The van der Waals surface area contributed by atoms with Crippen molar-refractivity contribution in [3.8, 4) is 0 Å². The minimum atomic E-state index is -0.278. The molecule has 0 aliphatic heterocycles. The Morgan fingerprint density at radius 1 is 1.12 bits per heavy atom. The van der Waals surface area contributed by atoms with Gasteiger partial charge in [-0.15, -0.1) is 0 Å². The molecule has 182 valence electrons. The largest absolute Gasteiger partial charge is 0.379 e. The summed E-state index contributed by atoms with van der Waals surface area (Å²) in [6.07, 6.45) is 8.73. The zero-order valence-corrected chi connectivity index (χ0v) is 21.1. The van der Waals surface area contributed by atoms with E-state index in [-0.39, 0.29) is 28.5 Å². The fourth-order valence-corrected chi connectivity index (χ4v) is 7.89. The van der Waals surface area contributed by atoms with Crippen molar-refractivity contribution in [3.63, 3.8) is 0 Å². The quantitative estimate of drug-likeness (QED) is 0.472. The van der Waals surface area contributed by atoms with Crippen molar-refractivity contribution in [2.75, 3.05) is 20.3 Å². The fourth-order valence-electron chi connectivity index (χ4n) is 7.89. The number of allylic oxidation sites excluding steroid dienone is 4. The Kier molecular flexibility index (Phi) is 6.18. The van der Waals surface area contributed by atoms with E-state index in [2.05, 4.69) is 26.0 Å². The molecule has 1 aromatic rings. The van der Waals surface area contributed by atoms with Crippen LogP contribution in [-0.4, -0.2) is 37.5 Å². The third-order valence-electron chi connectivity index (χ3n) is 9.67. The SMILES string of the molecule is CCOC[C@]1(OC)CC[C@H]2[C@@H]3CCC4=CC(=O)CCC4=C3[C@@H](c3ccc(C(C)=O)cc3)C[C@@]21C. The van der Waals surface area contributed by atoms with Crippen LogP contribution in [-0.2, 0) is 14.3 Å². The number of carbonyl (C=O) groups is 2. The van der Waals surface area contributed by atoms with Gasteiger partial charge in [0.15, 0.2) is 11.6 Å². The van der Waals surface area contributed by atoms with E-state index in [9.17, 15) is 9.59 Å². The van der Waals surface area contributed by atoms with E-state index in [0.29, 0.717) is 31.5 Å². The average molecular weight is 463 g/mol. The molecule has 0 bridgehead atoms. The molecule has 0 saturated heterocycles. The first-order valence-electron chi connectivity index (χ1n) is 13.0. The zero-order valence-electron chi connectivity index (χ0n) is 21.1. The molecule has 1 aromatic carbocycles. The molecule has 0 aromatic heterocycles. The van der Waals surface area contributed by atoms with Crippen LogP contribution < -0.4 is 0 Å². The van der Waals surface area contributed by atoms with Crippen molar-refractivity contribution < 1.29 is 19.1 Å². The van der Waals surface area contributed by atoms with Crippen LogP contribution in [0.25, 0.3) is 0 Å². The number of ketones is 2. The second-order valence-corrected chi connectivity index (χ2v) is 11.0. The number of hydrogen-bond donors (Lipinski definition) is 0. The predicted molar refractivity (Wildman–Crippen MR) is 133 cm³/mol. The number of benzene rings is 1. The fraction of sp³-hybridized carbons (Fsp3) is 0.600. The molecule has 0 radical (unpaired) electrons. The van der Waals surface area contributed by atoms with E-state index in [1.807, 2.05) is 25.3 Å². The maximum Gasteiger partial charge on any atom is 0.159 e. The molecule has 0 amide bonds. The Morgan fingerprint density at radius 3 is 2.56 bits per heavy atom. The van der Waals surface area contributed by atoms with Crippen LogP contribution in [0, 0.1) is 17.3 Å². The number of rotatable bonds is 6. The molecular weight excluding hydrogens is 424 g/mol. The molecule has 0 unspecified atom stereocenters. The molecule has 4 nitrogen and oxygen atoms in total. The Hall–Kier alpha value is -2.04. The molecule has 5 rings (SSSR count). The van der Waals surface area contributed by atoms with E-state index in [1.165, 1.54) is 16.7 Å². The number of methoxy groups -OCH3 is 1. The lowest BCUT2D eigenvalue weighted by molar-refractivity contribution is -0.154. The number of hydrogen-bond acceptors (Lipinski definition) is 4. The van der Waals surface area contributed by atoms with Crippen molar-refractivity contribution in [1.29, 1.82) is 0 Å². The van der Waals surface area contributed by atoms with Gasteiger partial charge in [0.1, 0.15) is 0 Å². The number of Topliss-reactive ketones (excluding diaryl/α,β-unsaturated/α-hetero) is 1. The van der Waals surface area contributed by atoms with Crippen LogP contribution >= 0.6 is 0 Å². The van der Waals surface area contributed by atoms with Crippen molar-refractivity contribution in [2.45, 2.75) is 77.2 Å². The Balaban J connectivity index is 1.64. The maximum absolute atomic E-state index is 12.2. The lowest BCUT2D eigenvalue weighted by Crippen LogP contribution is -2.54. The van der Waals surface area contributed by atoms with E-state index in [1.54, 1.807) is 12.5 Å². The summed E-state index contributed by atoms with van der Waals surface area (Å²) in [6, 6.07) is 8.28. The third-order valence-corrected chi connectivity index (χ3v) is 9.67. The van der Waals surface area contributed by atoms with Crippen molar-refractivity contribution in [1.82, 2.24) is 0 Å². The van der Waals surface area contributed by atoms with Crippen LogP contribution in [0.15, 0.2) is 47.1 Å². The normalized spacial score (nSPS) is 34.9. The smallest absolute Gasteiger partial charge is 0.159 e. The first-order chi connectivity index (χ1) is 16.3. The Morgan fingerprint density at radius 2 is 1.88 bits per heavy atom. The van der Waals surface area contributed by atoms with E-state index in [4.69, 9.17) is 9.47 Å². The highest BCUT2D eigenvalue weighted by Crippen LogP contribution is 2.67. The van der Waals surface area contributed by atoms with Crippen LogP contribution in [0.5, 0.6) is 0 Å². The average Bonchev–Trinajstić information content (AvgIpc) is 3.14. The van der Waals surface area contributed by atoms with Gasteiger partial charge in [-0.2, -0.15) is 0 Å². The minimum absolute atomic E-state index is 0.00125. The monoisotopic (exact) mass is 462 g/mol. The second kappa shape index (κ2) is 8.87. The summed E-state index contributed by atoms with van der Waals surface area (Å²) in [6.45, 7) is 7.46. The number of fused-ring (bicyclic) bond motifs is 4. The third kappa shape index (κ3) is 3.56. The summed E-state index contributed by atoms with van der Waals surface area (Å²) in [5.74, 6) is 1.71. The van der Waals surface area contributed by atoms with E-state index < -0.39 is 0 Å². The molecule has 5 atom stereocenters. The Labute approximate surface area is 203 Å². The zero-order chi connectivity index (χ0) is 24.1. The molecule has 4 aliphatic carbocycles. The predicted octanol–water partition coefficient (Wildman–Crippen LogP) is 6.21. The summed E-state index contributed by atoms with van der Waals surface area (Å²) < 4.78 is 12.4. The summed E-state index contributed by atoms with van der Waals surface area (Å²) >= 11 is 0. The molecule has 2 fully saturated rings. The van der Waals surface area contributed by atoms with Gasteiger partial charge < -0.3 is 9.47 Å². The van der Waals surface area contributed by atoms with Gasteiger partial charge in [0.05, 0.1) is 12.2 Å². The van der Waals surface area contributed by atoms with Gasteiger partial charge in [0.2, 0.25) is 0 Å². The van der Waals surface area contributed by atoms with E-state index in [0.717, 1.165) is 44.1 Å². The minimum Gasteiger partial charge on any atom is -0.379 e. The first-order valence-corrected chi connectivity index (χ1v) is 13.0. The molecule has 0 spiro atoms. The maximum atomic E-state index is 12.2. The van der Waals surface area contributed by atoms with Crippen LogP contribution in [0.3, 0.4) is 0 Å². The van der Waals surface area contributed by atoms with Gasteiger partial charge in [-0.3, -0.25) is 9.59 Å². The highest BCUT2D eigenvalue weighted by molar-refractivity contribution is 5.94. The number of carbonyl (C=O) groups excluding carboxylic acids is 2. The molecule has 0 N–H and O–H groups in total. The van der Waals surface area contributed by atoms with Crippen molar-refractivity contribution in [2.24, 2.45) is 17.3 Å². The molecule has 0 heterocycles. The molecule has 4 aliphatic rings. The van der Waals surface area contributed by atoms with Gasteiger partial charge in [0, 0.05) is 37.0 Å². The lowest BCUT2D eigenvalue weighted by atomic mass is 9.51. The van der Waals surface area contributed by atoms with Gasteiger partial charge in [-0.05, 0) is 87.0 Å². The van der Waals surface area contributed by atoms with Crippen LogP contribution in [0.2, 0.25) is 0 Å². The van der Waals surface area contributed by atoms with Crippen molar-refractivity contribution >= 4 is 11.6 Å².